The van der Waals surface area contributed by atoms with Crippen molar-refractivity contribution in [1.29, 1.82) is 0 Å². The van der Waals surface area contributed by atoms with Gasteiger partial charge in [-0.05, 0) is 25.7 Å². The highest BCUT2D eigenvalue weighted by molar-refractivity contribution is 4.80. The number of hydrogen-bond acceptors (Lipinski definition) is 2. The Hall–Kier alpha value is -0.290. The summed E-state index contributed by atoms with van der Waals surface area (Å²) in [6.45, 7) is 7.17. The Bertz CT molecular complexity index is 194. The van der Waals surface area contributed by atoms with Gasteiger partial charge >= 0.3 is 6.18 Å². The largest absolute Gasteiger partial charge is 0.416 e. The lowest BCUT2D eigenvalue weighted by atomic mass is 10.1. The summed E-state index contributed by atoms with van der Waals surface area (Å²) >= 11 is 0. The van der Waals surface area contributed by atoms with Crippen molar-refractivity contribution in [3.8, 4) is 0 Å². The maximum absolute atomic E-state index is 12.7. The van der Waals surface area contributed by atoms with Crippen LogP contribution in [0.3, 0.4) is 0 Å². The lowest BCUT2D eigenvalue weighted by Crippen LogP contribution is -2.48. The van der Waals surface area contributed by atoms with Gasteiger partial charge in [0.05, 0.1) is 6.10 Å². The van der Waals surface area contributed by atoms with Crippen LogP contribution in [0.25, 0.3) is 0 Å². The average Bonchev–Trinajstić information content (AvgIpc) is 2.10. The van der Waals surface area contributed by atoms with Crippen LogP contribution in [0, 0.1) is 5.92 Å². The molecule has 0 aliphatic heterocycles. The number of alkyl halides is 3. The molecular formula is C11H22F3NO. The van der Waals surface area contributed by atoms with Crippen LogP contribution in [-0.2, 0) is 4.74 Å². The number of hydrogen-bond donors (Lipinski definition) is 1. The van der Waals surface area contributed by atoms with Gasteiger partial charge in [-0.1, -0.05) is 20.8 Å². The molecule has 0 radical (unpaired) electrons. The van der Waals surface area contributed by atoms with Crippen molar-refractivity contribution < 1.29 is 17.9 Å². The molecule has 2 nitrogen and oxygen atoms in total. The molecule has 3 atom stereocenters. The predicted octanol–water partition coefficient (Wildman–Crippen LogP) is 3.11. The normalized spacial score (nSPS) is 18.6. The Balaban J connectivity index is 4.44. The van der Waals surface area contributed by atoms with Crippen molar-refractivity contribution in [2.24, 2.45) is 11.7 Å². The first-order valence-corrected chi connectivity index (χ1v) is 5.66. The summed E-state index contributed by atoms with van der Waals surface area (Å²) in [6.07, 6.45) is -5.82. The zero-order valence-electron chi connectivity index (χ0n) is 10.3. The van der Waals surface area contributed by atoms with Gasteiger partial charge in [-0.2, -0.15) is 13.2 Å². The van der Waals surface area contributed by atoms with Gasteiger partial charge in [0.25, 0.3) is 0 Å². The van der Waals surface area contributed by atoms with E-state index in [0.29, 0.717) is 12.3 Å². The number of rotatable bonds is 6. The minimum atomic E-state index is -4.39. The minimum Gasteiger partial charge on any atom is -0.364 e. The van der Waals surface area contributed by atoms with E-state index in [2.05, 4.69) is 0 Å². The van der Waals surface area contributed by atoms with Crippen molar-refractivity contribution in [3.05, 3.63) is 0 Å². The van der Waals surface area contributed by atoms with E-state index in [1.54, 1.807) is 13.8 Å². The summed E-state index contributed by atoms with van der Waals surface area (Å²) in [5.41, 5.74) is 5.44. The molecule has 0 saturated carbocycles. The van der Waals surface area contributed by atoms with E-state index in [0.717, 1.165) is 0 Å². The standard InChI is InChI=1S/C11H22F3NO/c1-5-9(15)10(11(12,13)14)16-8(4)6-7(2)3/h7-10H,5-6,15H2,1-4H3. The third kappa shape index (κ3) is 5.70. The molecule has 0 saturated heterocycles. The summed E-state index contributed by atoms with van der Waals surface area (Å²) in [5.74, 6) is 0.307. The summed E-state index contributed by atoms with van der Waals surface area (Å²) in [6, 6.07) is -0.991. The van der Waals surface area contributed by atoms with Gasteiger partial charge in [-0.15, -0.1) is 0 Å². The van der Waals surface area contributed by atoms with Crippen LogP contribution < -0.4 is 5.73 Å². The third-order valence-corrected chi connectivity index (χ3v) is 2.37. The minimum absolute atomic E-state index is 0.249. The van der Waals surface area contributed by atoms with Gasteiger partial charge in [0.2, 0.25) is 0 Å². The topological polar surface area (TPSA) is 35.2 Å². The summed E-state index contributed by atoms with van der Waals surface area (Å²) in [7, 11) is 0. The molecule has 0 aliphatic rings. The van der Waals surface area contributed by atoms with Gasteiger partial charge in [0, 0.05) is 6.04 Å². The monoisotopic (exact) mass is 241 g/mol. The van der Waals surface area contributed by atoms with Crippen molar-refractivity contribution >= 4 is 0 Å². The zero-order chi connectivity index (χ0) is 12.9. The second-order valence-corrected chi connectivity index (χ2v) is 4.61. The van der Waals surface area contributed by atoms with Crippen molar-refractivity contribution in [1.82, 2.24) is 0 Å². The van der Waals surface area contributed by atoms with Crippen LogP contribution in [0.1, 0.15) is 40.5 Å². The SMILES string of the molecule is CCC(N)C(OC(C)CC(C)C)C(F)(F)F. The van der Waals surface area contributed by atoms with Gasteiger partial charge < -0.3 is 10.5 Å². The molecule has 98 valence electrons. The summed E-state index contributed by atoms with van der Waals surface area (Å²) in [5, 5.41) is 0. The Morgan fingerprint density at radius 2 is 1.69 bits per heavy atom. The molecule has 16 heavy (non-hydrogen) atoms. The van der Waals surface area contributed by atoms with E-state index in [1.165, 1.54) is 0 Å². The van der Waals surface area contributed by atoms with Gasteiger partial charge in [-0.25, -0.2) is 0 Å². The van der Waals surface area contributed by atoms with Gasteiger partial charge in [0.1, 0.15) is 0 Å². The zero-order valence-corrected chi connectivity index (χ0v) is 10.3. The van der Waals surface area contributed by atoms with E-state index < -0.39 is 24.4 Å². The molecular weight excluding hydrogens is 219 g/mol. The first kappa shape index (κ1) is 15.7. The van der Waals surface area contributed by atoms with Gasteiger partial charge in [0.15, 0.2) is 6.10 Å². The molecule has 0 aliphatic carbocycles. The average molecular weight is 241 g/mol. The fraction of sp³-hybridized carbons (Fsp3) is 1.00. The lowest BCUT2D eigenvalue weighted by Gasteiger charge is -2.29. The summed E-state index contributed by atoms with van der Waals surface area (Å²) < 4.78 is 43.0. The molecule has 2 N–H and O–H groups in total. The smallest absolute Gasteiger partial charge is 0.364 e. The van der Waals surface area contributed by atoms with Crippen LogP contribution in [-0.4, -0.2) is 24.4 Å². The van der Waals surface area contributed by atoms with Crippen molar-refractivity contribution in [2.45, 2.75) is 65.0 Å². The third-order valence-electron chi connectivity index (χ3n) is 2.37. The molecule has 0 heterocycles. The highest BCUT2D eigenvalue weighted by Crippen LogP contribution is 2.27. The molecule has 0 aromatic rings. The second-order valence-electron chi connectivity index (χ2n) is 4.61. The molecule has 0 fully saturated rings. The van der Waals surface area contributed by atoms with Crippen LogP contribution in [0.4, 0.5) is 13.2 Å². The summed E-state index contributed by atoms with van der Waals surface area (Å²) in [4.78, 5) is 0. The highest BCUT2D eigenvalue weighted by Gasteiger charge is 2.44. The fourth-order valence-electron chi connectivity index (χ4n) is 1.60. The number of halogens is 3. The first-order valence-electron chi connectivity index (χ1n) is 5.66. The van der Waals surface area contributed by atoms with Crippen molar-refractivity contribution in [2.75, 3.05) is 0 Å². The van der Waals surface area contributed by atoms with E-state index in [4.69, 9.17) is 10.5 Å². The molecule has 0 bridgehead atoms. The second kappa shape index (κ2) is 6.45. The quantitative estimate of drug-likeness (QED) is 0.775. The maximum Gasteiger partial charge on any atom is 0.416 e. The Labute approximate surface area is 95.3 Å². The lowest BCUT2D eigenvalue weighted by molar-refractivity contribution is -0.238. The highest BCUT2D eigenvalue weighted by atomic mass is 19.4. The number of nitrogens with two attached hydrogens (primary N) is 1. The van der Waals surface area contributed by atoms with Crippen LogP contribution in [0.15, 0.2) is 0 Å². The van der Waals surface area contributed by atoms with Crippen molar-refractivity contribution in [3.63, 3.8) is 0 Å². The van der Waals surface area contributed by atoms with Gasteiger partial charge in [-0.3, -0.25) is 0 Å². The van der Waals surface area contributed by atoms with E-state index >= 15 is 0 Å². The fourth-order valence-corrected chi connectivity index (χ4v) is 1.60. The van der Waals surface area contributed by atoms with Crippen LogP contribution >= 0.6 is 0 Å². The molecule has 0 amide bonds. The van der Waals surface area contributed by atoms with E-state index in [9.17, 15) is 13.2 Å². The first-order chi connectivity index (χ1) is 7.18. The van der Waals surface area contributed by atoms with E-state index in [-0.39, 0.29) is 6.42 Å². The Morgan fingerprint density at radius 1 is 1.19 bits per heavy atom. The molecule has 0 spiro atoms. The molecule has 0 aromatic carbocycles. The van der Waals surface area contributed by atoms with Crippen LogP contribution in [0.5, 0.6) is 0 Å². The van der Waals surface area contributed by atoms with Crippen LogP contribution in [0.2, 0.25) is 0 Å². The Kier molecular flexibility index (Phi) is 6.33. The molecule has 0 aromatic heterocycles. The predicted molar refractivity (Wildman–Crippen MR) is 58.1 cm³/mol. The molecule has 0 rings (SSSR count). The maximum atomic E-state index is 12.7. The number of ether oxygens (including phenoxy) is 1. The molecule has 3 unspecified atom stereocenters. The molecule has 5 heteroatoms. The Morgan fingerprint density at radius 3 is 2.00 bits per heavy atom. The van der Waals surface area contributed by atoms with E-state index in [1.807, 2.05) is 13.8 Å².